The van der Waals surface area contributed by atoms with Crippen molar-refractivity contribution in [1.29, 1.82) is 5.26 Å². The zero-order chi connectivity index (χ0) is 10.3. The van der Waals surface area contributed by atoms with Gasteiger partial charge in [-0.15, -0.1) is 9.24 Å². The van der Waals surface area contributed by atoms with Gasteiger partial charge in [-0.3, -0.25) is 0 Å². The SMILES string of the molecule is Cc1nc2c(C#N)cnn2c(C)c1P. The Morgan fingerprint density at radius 3 is 2.86 bits per heavy atom. The van der Waals surface area contributed by atoms with Gasteiger partial charge in [0.25, 0.3) is 0 Å². The highest BCUT2D eigenvalue weighted by atomic mass is 31.0. The van der Waals surface area contributed by atoms with E-state index in [-0.39, 0.29) is 0 Å². The summed E-state index contributed by atoms with van der Waals surface area (Å²) >= 11 is 0. The third kappa shape index (κ3) is 1.10. The number of fused-ring (bicyclic) bond motifs is 1. The van der Waals surface area contributed by atoms with E-state index >= 15 is 0 Å². The molecule has 5 heteroatoms. The molecule has 4 nitrogen and oxygen atoms in total. The van der Waals surface area contributed by atoms with Crippen molar-refractivity contribution in [3.8, 4) is 6.07 Å². The lowest BCUT2D eigenvalue weighted by Gasteiger charge is -2.05. The molecule has 0 saturated heterocycles. The van der Waals surface area contributed by atoms with Crippen molar-refractivity contribution in [2.75, 3.05) is 0 Å². The summed E-state index contributed by atoms with van der Waals surface area (Å²) in [5, 5.41) is 14.0. The molecule has 0 radical (unpaired) electrons. The Labute approximate surface area is 83.8 Å². The maximum Gasteiger partial charge on any atom is 0.173 e. The van der Waals surface area contributed by atoms with Crippen molar-refractivity contribution >= 4 is 20.2 Å². The summed E-state index contributed by atoms with van der Waals surface area (Å²) in [5.41, 5.74) is 3.06. The minimum absolute atomic E-state index is 0.515. The predicted molar refractivity (Wildman–Crippen MR) is 56.5 cm³/mol. The Morgan fingerprint density at radius 2 is 2.21 bits per heavy atom. The lowest BCUT2D eigenvalue weighted by atomic mass is 10.3. The van der Waals surface area contributed by atoms with Crippen molar-refractivity contribution in [1.82, 2.24) is 14.6 Å². The molecule has 1 atom stereocenters. The molecule has 0 fully saturated rings. The number of hydrogen-bond donors (Lipinski definition) is 0. The normalized spacial score (nSPS) is 10.4. The molecule has 2 heterocycles. The number of rotatable bonds is 0. The lowest BCUT2D eigenvalue weighted by molar-refractivity contribution is 0.897. The van der Waals surface area contributed by atoms with Crippen LogP contribution < -0.4 is 5.30 Å². The molecule has 2 aromatic rings. The smallest absolute Gasteiger partial charge is 0.173 e. The molecule has 14 heavy (non-hydrogen) atoms. The van der Waals surface area contributed by atoms with Gasteiger partial charge in [0.05, 0.1) is 11.9 Å². The summed E-state index contributed by atoms with van der Waals surface area (Å²) in [7, 11) is 2.64. The molecular weight excluding hydrogens is 195 g/mol. The quantitative estimate of drug-likeness (QED) is 0.594. The highest BCUT2D eigenvalue weighted by Crippen LogP contribution is 2.10. The lowest BCUT2D eigenvalue weighted by Crippen LogP contribution is -2.12. The van der Waals surface area contributed by atoms with Crippen LogP contribution in [-0.2, 0) is 0 Å². The van der Waals surface area contributed by atoms with E-state index in [9.17, 15) is 0 Å². The highest BCUT2D eigenvalue weighted by molar-refractivity contribution is 7.27. The fraction of sp³-hybridized carbons (Fsp3) is 0.222. The van der Waals surface area contributed by atoms with Gasteiger partial charge in [-0.25, -0.2) is 9.50 Å². The summed E-state index contributed by atoms with van der Waals surface area (Å²) in [5.74, 6) is 0. The summed E-state index contributed by atoms with van der Waals surface area (Å²) < 4.78 is 1.69. The first-order valence-electron chi connectivity index (χ1n) is 4.15. The molecule has 0 aliphatic heterocycles. The first-order chi connectivity index (χ1) is 6.65. The first-order valence-corrected chi connectivity index (χ1v) is 4.73. The molecule has 0 bridgehead atoms. The number of nitriles is 1. The van der Waals surface area contributed by atoms with Gasteiger partial charge >= 0.3 is 0 Å². The van der Waals surface area contributed by atoms with Gasteiger partial charge in [-0.2, -0.15) is 10.4 Å². The minimum Gasteiger partial charge on any atom is -0.232 e. The predicted octanol–water partition coefficient (Wildman–Crippen LogP) is 0.718. The standard InChI is InChI=1S/C9H9N4P/c1-5-8(14)6(2)13-9(12-5)7(3-10)4-11-13/h4H,14H2,1-2H3. The van der Waals surface area contributed by atoms with Crippen molar-refractivity contribution in [2.24, 2.45) is 0 Å². The fourth-order valence-electron chi connectivity index (χ4n) is 1.37. The van der Waals surface area contributed by atoms with Crippen LogP contribution in [0.4, 0.5) is 0 Å². The average Bonchev–Trinajstić information content (AvgIpc) is 2.57. The van der Waals surface area contributed by atoms with E-state index in [1.165, 1.54) is 0 Å². The van der Waals surface area contributed by atoms with Crippen LogP contribution in [0.25, 0.3) is 5.65 Å². The highest BCUT2D eigenvalue weighted by Gasteiger charge is 2.10. The Balaban J connectivity index is 2.95. The Bertz CT molecular complexity index is 550. The van der Waals surface area contributed by atoms with Gasteiger partial charge in [0.1, 0.15) is 11.6 Å². The maximum absolute atomic E-state index is 8.83. The van der Waals surface area contributed by atoms with Crippen LogP contribution in [0.3, 0.4) is 0 Å². The van der Waals surface area contributed by atoms with Gasteiger partial charge in [-0.1, -0.05) is 0 Å². The molecule has 70 valence electrons. The molecular formula is C9H9N4P. The summed E-state index contributed by atoms with van der Waals surface area (Å²) in [6, 6.07) is 2.07. The van der Waals surface area contributed by atoms with E-state index < -0.39 is 0 Å². The summed E-state index contributed by atoms with van der Waals surface area (Å²) in [6.07, 6.45) is 1.54. The summed E-state index contributed by atoms with van der Waals surface area (Å²) in [6.45, 7) is 3.88. The van der Waals surface area contributed by atoms with E-state index in [0.29, 0.717) is 11.2 Å². The van der Waals surface area contributed by atoms with Crippen LogP contribution in [0.2, 0.25) is 0 Å². The molecule has 2 aromatic heterocycles. The molecule has 0 aliphatic rings. The minimum atomic E-state index is 0.515. The zero-order valence-electron chi connectivity index (χ0n) is 7.94. The van der Waals surface area contributed by atoms with Crippen molar-refractivity contribution in [3.05, 3.63) is 23.1 Å². The first kappa shape index (κ1) is 9.11. The fourth-order valence-corrected chi connectivity index (χ4v) is 1.56. The van der Waals surface area contributed by atoms with Gasteiger partial charge in [0.2, 0.25) is 0 Å². The van der Waals surface area contributed by atoms with Crippen LogP contribution >= 0.6 is 9.24 Å². The van der Waals surface area contributed by atoms with Crippen LogP contribution in [0, 0.1) is 25.2 Å². The molecule has 0 N–H and O–H groups in total. The van der Waals surface area contributed by atoms with Crippen LogP contribution in [0.15, 0.2) is 6.20 Å². The van der Waals surface area contributed by atoms with Crippen LogP contribution in [0.5, 0.6) is 0 Å². The number of aromatic nitrogens is 3. The summed E-state index contributed by atoms with van der Waals surface area (Å²) in [4.78, 5) is 4.32. The second-order valence-corrected chi connectivity index (χ2v) is 3.68. The van der Waals surface area contributed by atoms with E-state index in [0.717, 1.165) is 16.7 Å². The van der Waals surface area contributed by atoms with E-state index in [2.05, 4.69) is 25.4 Å². The van der Waals surface area contributed by atoms with Crippen molar-refractivity contribution in [2.45, 2.75) is 13.8 Å². The molecule has 1 unspecified atom stereocenters. The topological polar surface area (TPSA) is 54.0 Å². The van der Waals surface area contributed by atoms with Crippen LogP contribution in [-0.4, -0.2) is 14.6 Å². The number of aryl methyl sites for hydroxylation is 2. The van der Waals surface area contributed by atoms with Gasteiger partial charge < -0.3 is 0 Å². The molecule has 0 spiro atoms. The Morgan fingerprint density at radius 1 is 1.50 bits per heavy atom. The van der Waals surface area contributed by atoms with Gasteiger partial charge in [0, 0.05) is 11.0 Å². The van der Waals surface area contributed by atoms with Gasteiger partial charge in [-0.05, 0) is 13.8 Å². The Kier molecular flexibility index (Phi) is 1.98. The average molecular weight is 204 g/mol. The van der Waals surface area contributed by atoms with Crippen molar-refractivity contribution < 1.29 is 0 Å². The van der Waals surface area contributed by atoms with Crippen LogP contribution in [0.1, 0.15) is 17.0 Å². The molecule has 0 aromatic carbocycles. The van der Waals surface area contributed by atoms with Crippen molar-refractivity contribution in [3.63, 3.8) is 0 Å². The van der Waals surface area contributed by atoms with E-state index in [1.807, 2.05) is 13.8 Å². The monoisotopic (exact) mass is 204 g/mol. The third-order valence-electron chi connectivity index (χ3n) is 2.24. The second kappa shape index (κ2) is 3.04. The number of hydrogen-bond acceptors (Lipinski definition) is 3. The Hall–Kier alpha value is -1.46. The third-order valence-corrected chi connectivity index (χ3v) is 3.07. The maximum atomic E-state index is 8.83. The van der Waals surface area contributed by atoms with E-state index in [1.54, 1.807) is 10.7 Å². The molecule has 0 saturated carbocycles. The molecule has 2 rings (SSSR count). The zero-order valence-corrected chi connectivity index (χ0v) is 9.10. The largest absolute Gasteiger partial charge is 0.232 e. The van der Waals surface area contributed by atoms with E-state index in [4.69, 9.17) is 5.26 Å². The molecule has 0 amide bonds. The molecule has 0 aliphatic carbocycles. The van der Waals surface area contributed by atoms with Gasteiger partial charge in [0.15, 0.2) is 5.65 Å². The second-order valence-electron chi connectivity index (χ2n) is 3.10. The number of nitrogens with zero attached hydrogens (tertiary/aromatic N) is 4.